The molecule has 0 aromatic heterocycles. The molecule has 0 saturated heterocycles. The molecule has 1 N–H and O–H groups in total. The standard InChI is InChI=1S/C12H14O2S/c1-9(15)7-11(12(13)14)8-10-5-3-2-4-6-10/h2-6,11H,7-8H2,1H3,(H,13,14). The van der Waals surface area contributed by atoms with Crippen molar-refractivity contribution in [2.75, 3.05) is 0 Å². The van der Waals surface area contributed by atoms with Gasteiger partial charge >= 0.3 is 5.97 Å². The number of benzene rings is 1. The first-order chi connectivity index (χ1) is 7.09. The van der Waals surface area contributed by atoms with Crippen LogP contribution in [0.3, 0.4) is 0 Å². The topological polar surface area (TPSA) is 37.3 Å². The summed E-state index contributed by atoms with van der Waals surface area (Å²) in [4.78, 5) is 11.7. The third-order valence-electron chi connectivity index (χ3n) is 2.21. The third-order valence-corrected chi connectivity index (χ3v) is 2.37. The van der Waals surface area contributed by atoms with Crippen LogP contribution in [0.1, 0.15) is 18.9 Å². The van der Waals surface area contributed by atoms with Crippen molar-refractivity contribution in [3.63, 3.8) is 0 Å². The number of carbonyl (C=O) groups is 1. The van der Waals surface area contributed by atoms with Gasteiger partial charge in [-0.1, -0.05) is 42.5 Å². The molecule has 1 aromatic carbocycles. The fourth-order valence-electron chi connectivity index (χ4n) is 1.49. The van der Waals surface area contributed by atoms with E-state index in [4.69, 9.17) is 17.3 Å². The number of hydrogen-bond donors (Lipinski definition) is 1. The first kappa shape index (κ1) is 11.9. The van der Waals surface area contributed by atoms with Crippen LogP contribution in [0.4, 0.5) is 0 Å². The zero-order valence-electron chi connectivity index (χ0n) is 8.64. The average Bonchev–Trinajstić information content (AvgIpc) is 2.17. The number of rotatable bonds is 5. The smallest absolute Gasteiger partial charge is 0.307 e. The Morgan fingerprint density at radius 3 is 2.47 bits per heavy atom. The van der Waals surface area contributed by atoms with Crippen LogP contribution >= 0.6 is 12.2 Å². The highest BCUT2D eigenvalue weighted by atomic mass is 32.1. The summed E-state index contributed by atoms with van der Waals surface area (Å²) in [7, 11) is 0. The quantitative estimate of drug-likeness (QED) is 0.778. The lowest BCUT2D eigenvalue weighted by molar-refractivity contribution is -0.141. The fraction of sp³-hybridized carbons (Fsp3) is 0.333. The Morgan fingerprint density at radius 1 is 1.40 bits per heavy atom. The highest BCUT2D eigenvalue weighted by molar-refractivity contribution is 7.80. The summed E-state index contributed by atoms with van der Waals surface area (Å²) in [5.41, 5.74) is 1.04. The maximum atomic E-state index is 11.0. The van der Waals surface area contributed by atoms with Crippen molar-refractivity contribution in [2.45, 2.75) is 19.8 Å². The summed E-state index contributed by atoms with van der Waals surface area (Å²) in [5.74, 6) is -1.17. The maximum absolute atomic E-state index is 11.0. The number of thiocarbonyl (C=S) groups is 1. The molecular formula is C12H14O2S. The van der Waals surface area contributed by atoms with Crippen molar-refractivity contribution in [1.82, 2.24) is 0 Å². The molecule has 0 aliphatic heterocycles. The van der Waals surface area contributed by atoms with Crippen LogP contribution in [0.15, 0.2) is 30.3 Å². The largest absolute Gasteiger partial charge is 0.481 e. The first-order valence-electron chi connectivity index (χ1n) is 4.85. The van der Waals surface area contributed by atoms with E-state index in [9.17, 15) is 4.79 Å². The van der Waals surface area contributed by atoms with Gasteiger partial charge in [-0.15, -0.1) is 0 Å². The van der Waals surface area contributed by atoms with Crippen molar-refractivity contribution >= 4 is 23.1 Å². The van der Waals surface area contributed by atoms with Crippen LogP contribution in [0, 0.1) is 5.92 Å². The van der Waals surface area contributed by atoms with Crippen LogP contribution in [-0.2, 0) is 11.2 Å². The Labute approximate surface area is 94.9 Å². The van der Waals surface area contributed by atoms with Crippen molar-refractivity contribution < 1.29 is 9.90 Å². The van der Waals surface area contributed by atoms with Gasteiger partial charge in [-0.05, 0) is 30.2 Å². The van der Waals surface area contributed by atoms with Gasteiger partial charge in [0, 0.05) is 0 Å². The van der Waals surface area contributed by atoms with Gasteiger partial charge in [-0.25, -0.2) is 0 Å². The number of aliphatic carboxylic acids is 1. The van der Waals surface area contributed by atoms with E-state index in [0.29, 0.717) is 12.8 Å². The van der Waals surface area contributed by atoms with Gasteiger partial charge < -0.3 is 5.11 Å². The highest BCUT2D eigenvalue weighted by Gasteiger charge is 2.18. The Bertz CT molecular complexity index is 346. The molecule has 80 valence electrons. The van der Waals surface area contributed by atoms with E-state index in [1.54, 1.807) is 6.92 Å². The van der Waals surface area contributed by atoms with Crippen LogP contribution in [0.25, 0.3) is 0 Å². The van der Waals surface area contributed by atoms with Gasteiger partial charge in [0.1, 0.15) is 0 Å². The van der Waals surface area contributed by atoms with Crippen LogP contribution in [0.2, 0.25) is 0 Å². The predicted octanol–water partition coefficient (Wildman–Crippen LogP) is 2.71. The van der Waals surface area contributed by atoms with Crippen LogP contribution in [-0.4, -0.2) is 15.9 Å². The van der Waals surface area contributed by atoms with Gasteiger partial charge in [0.25, 0.3) is 0 Å². The second-order valence-electron chi connectivity index (χ2n) is 3.63. The molecule has 0 radical (unpaired) electrons. The fourth-order valence-corrected chi connectivity index (χ4v) is 1.69. The van der Waals surface area contributed by atoms with Crippen molar-refractivity contribution in [2.24, 2.45) is 5.92 Å². The van der Waals surface area contributed by atoms with Crippen LogP contribution in [0.5, 0.6) is 0 Å². The van der Waals surface area contributed by atoms with Gasteiger partial charge in [-0.2, -0.15) is 0 Å². The summed E-state index contributed by atoms with van der Waals surface area (Å²) in [6, 6.07) is 9.63. The Kier molecular flexibility index (Phi) is 4.43. The summed E-state index contributed by atoms with van der Waals surface area (Å²) in [6.07, 6.45) is 1.02. The molecule has 0 fully saturated rings. The lowest BCUT2D eigenvalue weighted by Gasteiger charge is -2.11. The number of carboxylic acids is 1. The van der Waals surface area contributed by atoms with E-state index in [-0.39, 0.29) is 0 Å². The maximum Gasteiger partial charge on any atom is 0.307 e. The van der Waals surface area contributed by atoms with E-state index in [1.807, 2.05) is 30.3 Å². The summed E-state index contributed by atoms with van der Waals surface area (Å²) in [6.45, 7) is 1.79. The minimum atomic E-state index is -0.775. The molecule has 0 spiro atoms. The average molecular weight is 222 g/mol. The second kappa shape index (κ2) is 5.61. The minimum Gasteiger partial charge on any atom is -0.481 e. The summed E-state index contributed by atoms with van der Waals surface area (Å²) < 4.78 is 0. The molecule has 3 heteroatoms. The molecule has 2 nitrogen and oxygen atoms in total. The highest BCUT2D eigenvalue weighted by Crippen LogP contribution is 2.13. The molecular weight excluding hydrogens is 208 g/mol. The van der Waals surface area contributed by atoms with Gasteiger partial charge in [0.05, 0.1) is 5.92 Å². The van der Waals surface area contributed by atoms with E-state index in [1.165, 1.54) is 0 Å². The monoisotopic (exact) mass is 222 g/mol. The van der Waals surface area contributed by atoms with E-state index in [2.05, 4.69) is 0 Å². The summed E-state index contributed by atoms with van der Waals surface area (Å²) >= 11 is 4.94. The number of hydrogen-bond acceptors (Lipinski definition) is 2. The lowest BCUT2D eigenvalue weighted by Crippen LogP contribution is -2.18. The van der Waals surface area contributed by atoms with E-state index in [0.717, 1.165) is 10.4 Å². The molecule has 0 heterocycles. The second-order valence-corrected chi connectivity index (χ2v) is 4.33. The number of carboxylic acid groups (broad SMARTS) is 1. The Morgan fingerprint density at radius 2 is 2.00 bits per heavy atom. The molecule has 0 amide bonds. The zero-order valence-corrected chi connectivity index (χ0v) is 9.46. The van der Waals surface area contributed by atoms with E-state index >= 15 is 0 Å². The molecule has 1 atom stereocenters. The molecule has 15 heavy (non-hydrogen) atoms. The predicted molar refractivity (Wildman–Crippen MR) is 64.2 cm³/mol. The molecule has 0 bridgehead atoms. The third kappa shape index (κ3) is 4.21. The SMILES string of the molecule is CC(=S)CC(Cc1ccccc1)C(=O)O. The summed E-state index contributed by atoms with van der Waals surface area (Å²) in [5, 5.41) is 9.02. The van der Waals surface area contributed by atoms with E-state index < -0.39 is 11.9 Å². The first-order valence-corrected chi connectivity index (χ1v) is 5.26. The van der Waals surface area contributed by atoms with Crippen LogP contribution < -0.4 is 0 Å². The minimum absolute atomic E-state index is 0.398. The zero-order chi connectivity index (χ0) is 11.3. The molecule has 0 aliphatic carbocycles. The van der Waals surface area contributed by atoms with Crippen molar-refractivity contribution in [1.29, 1.82) is 0 Å². The lowest BCUT2D eigenvalue weighted by atomic mass is 9.95. The Balaban J connectivity index is 2.67. The van der Waals surface area contributed by atoms with Gasteiger partial charge in [-0.3, -0.25) is 4.79 Å². The van der Waals surface area contributed by atoms with Crippen molar-refractivity contribution in [3.8, 4) is 0 Å². The molecule has 1 aromatic rings. The van der Waals surface area contributed by atoms with Crippen molar-refractivity contribution in [3.05, 3.63) is 35.9 Å². The molecule has 0 aliphatic rings. The molecule has 1 unspecified atom stereocenters. The normalized spacial score (nSPS) is 12.1. The van der Waals surface area contributed by atoms with Gasteiger partial charge in [0.15, 0.2) is 0 Å². The molecule has 1 rings (SSSR count). The molecule has 0 saturated carbocycles. The van der Waals surface area contributed by atoms with Gasteiger partial charge in [0.2, 0.25) is 0 Å². The Hall–Kier alpha value is -1.22.